The Kier molecular flexibility index (Phi) is 3.97. The van der Waals surface area contributed by atoms with E-state index in [1.807, 2.05) is 0 Å². The van der Waals surface area contributed by atoms with Gasteiger partial charge in [0.1, 0.15) is 0 Å². The van der Waals surface area contributed by atoms with Gasteiger partial charge >= 0.3 is 0 Å². The van der Waals surface area contributed by atoms with Gasteiger partial charge in [-0.1, -0.05) is 29.8 Å². The molecule has 88 valence electrons. The highest BCUT2D eigenvalue weighted by Gasteiger charge is 2.18. The second-order valence-corrected chi connectivity index (χ2v) is 4.96. The Balaban J connectivity index is 1.91. The average molecular weight is 218 g/mol. The van der Waals surface area contributed by atoms with Gasteiger partial charge in [-0.3, -0.25) is 4.90 Å². The van der Waals surface area contributed by atoms with Crippen molar-refractivity contribution in [3.05, 3.63) is 35.4 Å². The topological polar surface area (TPSA) is 29.3 Å². The molecule has 0 unspecified atom stereocenters. The molecular formula is C14H22N2. The molecule has 1 atom stereocenters. The van der Waals surface area contributed by atoms with Gasteiger partial charge in [-0.05, 0) is 44.3 Å². The van der Waals surface area contributed by atoms with Crippen LogP contribution in [0.5, 0.6) is 0 Å². The van der Waals surface area contributed by atoms with Crippen molar-refractivity contribution in [2.24, 2.45) is 11.7 Å². The van der Waals surface area contributed by atoms with E-state index in [0.29, 0.717) is 5.92 Å². The van der Waals surface area contributed by atoms with Gasteiger partial charge in [-0.2, -0.15) is 0 Å². The molecule has 2 rings (SSSR count). The van der Waals surface area contributed by atoms with Crippen LogP contribution in [0.15, 0.2) is 24.3 Å². The quantitative estimate of drug-likeness (QED) is 0.842. The largest absolute Gasteiger partial charge is 0.330 e. The number of rotatable bonds is 3. The van der Waals surface area contributed by atoms with Gasteiger partial charge in [0.2, 0.25) is 0 Å². The van der Waals surface area contributed by atoms with Crippen LogP contribution >= 0.6 is 0 Å². The van der Waals surface area contributed by atoms with Crippen molar-refractivity contribution in [3.63, 3.8) is 0 Å². The molecule has 0 aliphatic carbocycles. The molecule has 1 heterocycles. The lowest BCUT2D eigenvalue weighted by atomic mass is 9.98. The standard InChI is InChI=1S/C14H22N2/c1-12-4-6-13(7-5-12)10-16-8-2-3-14(9-15)11-16/h4-7,14H,2-3,8-11,15H2,1H3/t14-/m1/s1. The van der Waals surface area contributed by atoms with E-state index in [0.717, 1.165) is 13.1 Å². The van der Waals surface area contributed by atoms with Crippen LogP contribution in [0.2, 0.25) is 0 Å². The number of aryl methyl sites for hydroxylation is 1. The van der Waals surface area contributed by atoms with Crippen molar-refractivity contribution in [2.45, 2.75) is 26.3 Å². The lowest BCUT2D eigenvalue weighted by Crippen LogP contribution is -2.37. The number of nitrogens with zero attached hydrogens (tertiary/aromatic N) is 1. The van der Waals surface area contributed by atoms with Crippen molar-refractivity contribution in [2.75, 3.05) is 19.6 Å². The van der Waals surface area contributed by atoms with Crippen molar-refractivity contribution in [1.82, 2.24) is 4.90 Å². The molecule has 16 heavy (non-hydrogen) atoms. The fourth-order valence-electron chi connectivity index (χ4n) is 2.44. The smallest absolute Gasteiger partial charge is 0.0233 e. The van der Waals surface area contributed by atoms with E-state index in [9.17, 15) is 0 Å². The zero-order chi connectivity index (χ0) is 11.4. The second-order valence-electron chi connectivity index (χ2n) is 4.96. The number of likely N-dealkylation sites (tertiary alicyclic amines) is 1. The van der Waals surface area contributed by atoms with Crippen molar-refractivity contribution >= 4 is 0 Å². The first-order valence-electron chi connectivity index (χ1n) is 6.26. The molecule has 0 spiro atoms. The third-order valence-corrected chi connectivity index (χ3v) is 3.46. The molecular weight excluding hydrogens is 196 g/mol. The number of hydrogen-bond acceptors (Lipinski definition) is 2. The highest BCUT2D eigenvalue weighted by atomic mass is 15.1. The minimum atomic E-state index is 0.708. The summed E-state index contributed by atoms with van der Waals surface area (Å²) in [7, 11) is 0. The number of hydrogen-bond donors (Lipinski definition) is 1. The van der Waals surface area contributed by atoms with E-state index >= 15 is 0 Å². The van der Waals surface area contributed by atoms with Crippen molar-refractivity contribution < 1.29 is 0 Å². The van der Waals surface area contributed by atoms with Gasteiger partial charge in [0.05, 0.1) is 0 Å². The minimum absolute atomic E-state index is 0.708. The van der Waals surface area contributed by atoms with Gasteiger partial charge in [0.15, 0.2) is 0 Å². The van der Waals surface area contributed by atoms with E-state index in [4.69, 9.17) is 5.73 Å². The molecule has 1 saturated heterocycles. The minimum Gasteiger partial charge on any atom is -0.330 e. The van der Waals surface area contributed by atoms with Crippen molar-refractivity contribution in [3.8, 4) is 0 Å². The van der Waals surface area contributed by atoms with Crippen LogP contribution in [-0.4, -0.2) is 24.5 Å². The number of piperidine rings is 1. The zero-order valence-electron chi connectivity index (χ0n) is 10.2. The van der Waals surface area contributed by atoms with Crippen LogP contribution in [0.4, 0.5) is 0 Å². The van der Waals surface area contributed by atoms with Crippen LogP contribution < -0.4 is 5.73 Å². The summed E-state index contributed by atoms with van der Waals surface area (Å²) in [6, 6.07) is 8.86. The van der Waals surface area contributed by atoms with Crippen LogP contribution in [0.1, 0.15) is 24.0 Å². The summed E-state index contributed by atoms with van der Waals surface area (Å²) in [5.74, 6) is 0.708. The number of nitrogens with two attached hydrogens (primary N) is 1. The van der Waals surface area contributed by atoms with Gasteiger partial charge < -0.3 is 5.73 Å². The fourth-order valence-corrected chi connectivity index (χ4v) is 2.44. The van der Waals surface area contributed by atoms with Gasteiger partial charge in [0, 0.05) is 13.1 Å². The lowest BCUT2D eigenvalue weighted by Gasteiger charge is -2.32. The molecule has 1 fully saturated rings. The lowest BCUT2D eigenvalue weighted by molar-refractivity contribution is 0.171. The summed E-state index contributed by atoms with van der Waals surface area (Å²) >= 11 is 0. The summed E-state index contributed by atoms with van der Waals surface area (Å²) in [5, 5.41) is 0. The van der Waals surface area contributed by atoms with E-state index in [-0.39, 0.29) is 0 Å². The molecule has 1 aromatic rings. The summed E-state index contributed by atoms with van der Waals surface area (Å²) in [5.41, 5.74) is 8.51. The highest BCUT2D eigenvalue weighted by Crippen LogP contribution is 2.17. The third-order valence-electron chi connectivity index (χ3n) is 3.46. The molecule has 2 heteroatoms. The van der Waals surface area contributed by atoms with Gasteiger partial charge in [0.25, 0.3) is 0 Å². The zero-order valence-corrected chi connectivity index (χ0v) is 10.2. The average Bonchev–Trinajstić information content (AvgIpc) is 2.32. The Labute approximate surface area is 98.4 Å². The fraction of sp³-hybridized carbons (Fsp3) is 0.571. The predicted octanol–water partition coefficient (Wildman–Crippen LogP) is 2.17. The van der Waals surface area contributed by atoms with Gasteiger partial charge in [-0.15, -0.1) is 0 Å². The molecule has 1 aromatic carbocycles. The Hall–Kier alpha value is -0.860. The van der Waals surface area contributed by atoms with E-state index < -0.39 is 0 Å². The Bertz CT molecular complexity index is 318. The molecule has 0 aromatic heterocycles. The molecule has 1 aliphatic rings. The Morgan fingerprint density at radius 2 is 2.06 bits per heavy atom. The Morgan fingerprint density at radius 3 is 2.75 bits per heavy atom. The van der Waals surface area contributed by atoms with E-state index in [1.165, 1.54) is 37.1 Å². The molecule has 0 amide bonds. The molecule has 0 bridgehead atoms. The molecule has 0 radical (unpaired) electrons. The maximum Gasteiger partial charge on any atom is 0.0233 e. The molecule has 2 N–H and O–H groups in total. The first-order valence-corrected chi connectivity index (χ1v) is 6.26. The maximum atomic E-state index is 5.75. The molecule has 0 saturated carbocycles. The Morgan fingerprint density at radius 1 is 1.31 bits per heavy atom. The first-order chi connectivity index (χ1) is 7.78. The second kappa shape index (κ2) is 5.46. The SMILES string of the molecule is Cc1ccc(CN2CCC[C@H](CN)C2)cc1. The molecule has 1 aliphatic heterocycles. The van der Waals surface area contributed by atoms with Crippen LogP contribution in [0, 0.1) is 12.8 Å². The van der Waals surface area contributed by atoms with Crippen molar-refractivity contribution in [1.29, 1.82) is 0 Å². The van der Waals surface area contributed by atoms with Crippen LogP contribution in [0.25, 0.3) is 0 Å². The molecule has 2 nitrogen and oxygen atoms in total. The third kappa shape index (κ3) is 3.06. The van der Waals surface area contributed by atoms with Crippen LogP contribution in [-0.2, 0) is 6.54 Å². The highest BCUT2D eigenvalue weighted by molar-refractivity contribution is 5.21. The predicted molar refractivity (Wildman–Crippen MR) is 68.2 cm³/mol. The summed E-state index contributed by atoms with van der Waals surface area (Å²) in [6.07, 6.45) is 2.61. The maximum absolute atomic E-state index is 5.75. The normalized spacial score (nSPS) is 22.2. The monoisotopic (exact) mass is 218 g/mol. The van der Waals surface area contributed by atoms with E-state index in [2.05, 4.69) is 36.1 Å². The first kappa shape index (κ1) is 11.6. The summed E-state index contributed by atoms with van der Waals surface area (Å²) in [4.78, 5) is 2.53. The summed E-state index contributed by atoms with van der Waals surface area (Å²) < 4.78 is 0. The summed E-state index contributed by atoms with van der Waals surface area (Å²) in [6.45, 7) is 6.45. The van der Waals surface area contributed by atoms with Crippen LogP contribution in [0.3, 0.4) is 0 Å². The number of benzene rings is 1. The van der Waals surface area contributed by atoms with Gasteiger partial charge in [-0.25, -0.2) is 0 Å². The van der Waals surface area contributed by atoms with E-state index in [1.54, 1.807) is 0 Å².